The SMILES string of the molecule is CCOc1cc(C(F)(F)F)ccc1C1=NC(c2ccc(Cl)cc2)C(c2ccc(Cl)cc2)N1C(=O)N1CCN(CC(=O)NOC)CC1. The number of benzene rings is 3. The van der Waals surface area contributed by atoms with Crippen LogP contribution in [-0.4, -0.2) is 78.9 Å². The third-order valence-electron chi connectivity index (χ3n) is 7.77. The molecule has 2 unspecified atom stereocenters. The molecule has 0 saturated carbocycles. The highest BCUT2D eigenvalue weighted by molar-refractivity contribution is 6.30. The number of amidine groups is 1. The van der Waals surface area contributed by atoms with Crippen molar-refractivity contribution in [3.05, 3.63) is 99.0 Å². The number of halogens is 5. The van der Waals surface area contributed by atoms with Gasteiger partial charge >= 0.3 is 12.2 Å². The molecular weight excluding hydrogens is 646 g/mol. The Morgan fingerprint density at radius 1 is 0.935 bits per heavy atom. The lowest BCUT2D eigenvalue weighted by atomic mass is 9.93. The predicted molar refractivity (Wildman–Crippen MR) is 168 cm³/mol. The summed E-state index contributed by atoms with van der Waals surface area (Å²) in [5.41, 5.74) is 3.12. The van der Waals surface area contributed by atoms with E-state index in [0.29, 0.717) is 36.2 Å². The van der Waals surface area contributed by atoms with Crippen molar-refractivity contribution in [1.82, 2.24) is 20.2 Å². The molecule has 0 bridgehead atoms. The summed E-state index contributed by atoms with van der Waals surface area (Å²) in [6.45, 7) is 3.29. The lowest BCUT2D eigenvalue weighted by Gasteiger charge is -2.39. The topological polar surface area (TPSA) is 86.7 Å². The average molecular weight is 679 g/mol. The maximum Gasteiger partial charge on any atom is 0.416 e. The second-order valence-electron chi connectivity index (χ2n) is 10.7. The molecule has 0 aromatic heterocycles. The molecule has 5 rings (SSSR count). The van der Waals surface area contributed by atoms with Crippen molar-refractivity contribution in [1.29, 1.82) is 0 Å². The molecule has 1 fully saturated rings. The van der Waals surface area contributed by atoms with E-state index >= 15 is 0 Å². The van der Waals surface area contributed by atoms with Gasteiger partial charge in [-0.25, -0.2) is 10.3 Å². The Labute approximate surface area is 274 Å². The Bertz CT molecular complexity index is 1580. The number of carbonyl (C=O) groups is 2. The third-order valence-corrected chi connectivity index (χ3v) is 8.28. The number of nitrogens with one attached hydrogen (secondary N) is 1. The van der Waals surface area contributed by atoms with Crippen LogP contribution in [0.4, 0.5) is 18.0 Å². The molecular formula is C32H32Cl2F3N5O4. The fraction of sp³-hybridized carbons (Fsp3) is 0.344. The van der Waals surface area contributed by atoms with Crippen molar-refractivity contribution in [3.63, 3.8) is 0 Å². The van der Waals surface area contributed by atoms with E-state index < -0.39 is 29.9 Å². The van der Waals surface area contributed by atoms with Crippen molar-refractivity contribution in [2.24, 2.45) is 4.99 Å². The van der Waals surface area contributed by atoms with Crippen LogP contribution in [-0.2, 0) is 15.8 Å². The van der Waals surface area contributed by atoms with Crippen LogP contribution >= 0.6 is 23.2 Å². The highest BCUT2D eigenvalue weighted by atomic mass is 35.5. The molecule has 3 aromatic rings. The molecule has 2 heterocycles. The first-order valence-corrected chi connectivity index (χ1v) is 15.3. The summed E-state index contributed by atoms with van der Waals surface area (Å²) < 4.78 is 46.9. The number of hydrogen-bond donors (Lipinski definition) is 1. The van der Waals surface area contributed by atoms with E-state index in [-0.39, 0.29) is 36.2 Å². The van der Waals surface area contributed by atoms with Crippen molar-refractivity contribution < 1.29 is 32.3 Å². The molecule has 46 heavy (non-hydrogen) atoms. The second kappa shape index (κ2) is 14.3. The van der Waals surface area contributed by atoms with Gasteiger partial charge in [-0.3, -0.25) is 24.4 Å². The molecule has 2 atom stereocenters. The predicted octanol–water partition coefficient (Wildman–Crippen LogP) is 6.37. The van der Waals surface area contributed by atoms with Gasteiger partial charge in [0, 0.05) is 36.2 Å². The Morgan fingerprint density at radius 3 is 2.11 bits per heavy atom. The first-order valence-electron chi connectivity index (χ1n) is 14.6. The number of urea groups is 1. The highest BCUT2D eigenvalue weighted by Crippen LogP contribution is 2.46. The molecule has 2 aliphatic rings. The number of ether oxygens (including phenoxy) is 1. The van der Waals surface area contributed by atoms with Gasteiger partial charge in [-0.2, -0.15) is 13.2 Å². The summed E-state index contributed by atoms with van der Waals surface area (Å²) in [4.78, 5) is 41.4. The molecule has 0 spiro atoms. The summed E-state index contributed by atoms with van der Waals surface area (Å²) >= 11 is 12.4. The Balaban J connectivity index is 1.60. The minimum atomic E-state index is -4.60. The summed E-state index contributed by atoms with van der Waals surface area (Å²) in [5.74, 6) is -0.186. The van der Waals surface area contributed by atoms with Gasteiger partial charge in [-0.1, -0.05) is 47.5 Å². The number of piperazine rings is 1. The maximum absolute atomic E-state index is 14.6. The Morgan fingerprint density at radius 2 is 1.54 bits per heavy atom. The van der Waals surface area contributed by atoms with Crippen LogP contribution in [0, 0.1) is 0 Å². The fourth-order valence-corrected chi connectivity index (χ4v) is 5.86. The van der Waals surface area contributed by atoms with Gasteiger partial charge in [-0.15, -0.1) is 0 Å². The number of alkyl halides is 3. The van der Waals surface area contributed by atoms with Crippen LogP contribution < -0.4 is 10.2 Å². The van der Waals surface area contributed by atoms with Crippen LogP contribution in [0.25, 0.3) is 0 Å². The second-order valence-corrected chi connectivity index (χ2v) is 11.6. The van der Waals surface area contributed by atoms with Gasteiger partial charge in [0.25, 0.3) is 5.91 Å². The van der Waals surface area contributed by atoms with Crippen molar-refractivity contribution in [3.8, 4) is 5.75 Å². The van der Waals surface area contributed by atoms with E-state index in [1.807, 2.05) is 17.0 Å². The molecule has 2 aliphatic heterocycles. The highest BCUT2D eigenvalue weighted by Gasteiger charge is 2.45. The summed E-state index contributed by atoms with van der Waals surface area (Å²) in [5, 5.41) is 1.01. The lowest BCUT2D eigenvalue weighted by Crippen LogP contribution is -2.55. The quantitative estimate of drug-likeness (QED) is 0.280. The van der Waals surface area contributed by atoms with Crippen LogP contribution in [0.3, 0.4) is 0 Å². The monoisotopic (exact) mass is 677 g/mol. The van der Waals surface area contributed by atoms with Crippen molar-refractivity contribution in [2.45, 2.75) is 25.2 Å². The Hall–Kier alpha value is -3.84. The maximum atomic E-state index is 14.6. The number of hydroxylamine groups is 1. The van der Waals surface area contributed by atoms with Gasteiger partial charge in [0.1, 0.15) is 17.6 Å². The van der Waals surface area contributed by atoms with Gasteiger partial charge < -0.3 is 9.64 Å². The molecule has 1 saturated heterocycles. The van der Waals surface area contributed by atoms with Crippen molar-refractivity contribution in [2.75, 3.05) is 46.4 Å². The summed E-state index contributed by atoms with van der Waals surface area (Å²) in [7, 11) is 1.35. The summed E-state index contributed by atoms with van der Waals surface area (Å²) in [6, 6.07) is 15.5. The lowest BCUT2D eigenvalue weighted by molar-refractivity contribution is -0.137. The first-order chi connectivity index (χ1) is 22.0. The zero-order chi connectivity index (χ0) is 33.0. The molecule has 9 nitrogen and oxygen atoms in total. The van der Waals surface area contributed by atoms with Crippen LogP contribution in [0.2, 0.25) is 10.0 Å². The van der Waals surface area contributed by atoms with E-state index in [4.69, 9.17) is 37.8 Å². The number of carbonyl (C=O) groups excluding carboxylic acids is 2. The number of nitrogens with zero attached hydrogens (tertiary/aromatic N) is 4. The fourth-order valence-electron chi connectivity index (χ4n) is 5.61. The largest absolute Gasteiger partial charge is 0.493 e. The third kappa shape index (κ3) is 7.41. The van der Waals surface area contributed by atoms with E-state index in [2.05, 4.69) is 5.48 Å². The molecule has 0 aliphatic carbocycles. The van der Waals surface area contributed by atoms with Gasteiger partial charge in [-0.05, 0) is 60.5 Å². The minimum absolute atomic E-state index is 0.0468. The van der Waals surface area contributed by atoms with E-state index in [9.17, 15) is 22.8 Å². The Kier molecular flexibility index (Phi) is 10.4. The number of rotatable bonds is 8. The number of aliphatic imine (C=N–C) groups is 1. The molecule has 14 heteroatoms. The van der Waals surface area contributed by atoms with Gasteiger partial charge in [0.05, 0.1) is 37.4 Å². The van der Waals surface area contributed by atoms with Gasteiger partial charge in [0.2, 0.25) is 0 Å². The van der Waals surface area contributed by atoms with E-state index in [0.717, 1.165) is 23.3 Å². The molecule has 3 amide bonds. The zero-order valence-electron chi connectivity index (χ0n) is 25.1. The number of amides is 3. The average Bonchev–Trinajstić information content (AvgIpc) is 3.42. The molecule has 3 aromatic carbocycles. The smallest absolute Gasteiger partial charge is 0.416 e. The summed E-state index contributed by atoms with van der Waals surface area (Å²) in [6.07, 6.45) is -4.60. The van der Waals surface area contributed by atoms with Crippen LogP contribution in [0.5, 0.6) is 5.75 Å². The van der Waals surface area contributed by atoms with Crippen LogP contribution in [0.15, 0.2) is 71.7 Å². The van der Waals surface area contributed by atoms with Gasteiger partial charge in [0.15, 0.2) is 0 Å². The van der Waals surface area contributed by atoms with Crippen LogP contribution in [0.1, 0.15) is 41.3 Å². The zero-order valence-corrected chi connectivity index (χ0v) is 26.6. The number of hydrogen-bond acceptors (Lipinski definition) is 6. The first kappa shape index (κ1) is 33.5. The minimum Gasteiger partial charge on any atom is -0.493 e. The molecule has 244 valence electrons. The molecule has 0 radical (unpaired) electrons. The molecule has 1 N–H and O–H groups in total. The van der Waals surface area contributed by atoms with E-state index in [1.54, 1.807) is 48.2 Å². The normalized spacial score (nSPS) is 18.8. The standard InChI is InChI=1S/C32H32Cl2F3N5O4/c1-3-46-26-18-22(32(35,36)37)8-13-25(26)30-38-28(20-4-9-23(33)10-5-20)29(21-6-11-24(34)12-7-21)42(30)31(44)41-16-14-40(15-17-41)19-27(43)39-45-2/h4-13,18,28-29H,3,14-17,19H2,1-2H3,(H,39,43). The van der Waals surface area contributed by atoms with E-state index in [1.165, 1.54) is 18.1 Å². The van der Waals surface area contributed by atoms with Crippen molar-refractivity contribution >= 4 is 41.0 Å².